The van der Waals surface area contributed by atoms with Crippen LogP contribution in [0.5, 0.6) is 0 Å². The van der Waals surface area contributed by atoms with Gasteiger partial charge in [0.25, 0.3) is 0 Å². The molecule has 0 aliphatic rings. The van der Waals surface area contributed by atoms with Gasteiger partial charge in [-0.2, -0.15) is 0 Å². The summed E-state index contributed by atoms with van der Waals surface area (Å²) in [6.07, 6.45) is 7.31. The second-order valence-corrected chi connectivity index (χ2v) is 7.43. The average Bonchev–Trinajstić information content (AvgIpc) is 2.74. The standard InChI is InChI=1S/C26H32N2/c1-3-5-7-21-9-13-23(14-10-21)27-25-17-19-26(20-18-25)28-24-15-11-22(12-16-24)8-6-4-2/h9-20,27-28H,3-8H2,1-2H3. The van der Waals surface area contributed by atoms with Gasteiger partial charge in [-0.1, -0.05) is 51.0 Å². The topological polar surface area (TPSA) is 24.1 Å². The molecule has 0 saturated heterocycles. The fourth-order valence-corrected chi connectivity index (χ4v) is 3.24. The molecule has 0 aromatic heterocycles. The van der Waals surface area contributed by atoms with Gasteiger partial charge in [-0.15, -0.1) is 0 Å². The summed E-state index contributed by atoms with van der Waals surface area (Å²) in [6, 6.07) is 26.0. The molecule has 0 heterocycles. The molecule has 0 radical (unpaired) electrons. The van der Waals surface area contributed by atoms with Gasteiger partial charge in [0, 0.05) is 22.7 Å². The van der Waals surface area contributed by atoms with E-state index in [1.807, 2.05) is 0 Å². The predicted molar refractivity (Wildman–Crippen MR) is 123 cm³/mol. The zero-order valence-corrected chi connectivity index (χ0v) is 17.2. The van der Waals surface area contributed by atoms with Gasteiger partial charge < -0.3 is 10.6 Å². The second-order valence-electron chi connectivity index (χ2n) is 7.43. The normalized spacial score (nSPS) is 10.6. The van der Waals surface area contributed by atoms with Gasteiger partial charge in [0.2, 0.25) is 0 Å². The Morgan fingerprint density at radius 2 is 0.750 bits per heavy atom. The van der Waals surface area contributed by atoms with E-state index in [4.69, 9.17) is 0 Å². The number of anilines is 4. The van der Waals surface area contributed by atoms with Crippen LogP contribution < -0.4 is 10.6 Å². The fraction of sp³-hybridized carbons (Fsp3) is 0.308. The summed E-state index contributed by atoms with van der Waals surface area (Å²) in [6.45, 7) is 4.47. The fourth-order valence-electron chi connectivity index (χ4n) is 3.24. The van der Waals surface area contributed by atoms with Gasteiger partial charge >= 0.3 is 0 Å². The van der Waals surface area contributed by atoms with Crippen LogP contribution in [-0.2, 0) is 12.8 Å². The highest BCUT2D eigenvalue weighted by Gasteiger charge is 1.99. The first-order valence-corrected chi connectivity index (χ1v) is 10.6. The quantitative estimate of drug-likeness (QED) is 0.378. The SMILES string of the molecule is CCCCc1ccc(Nc2ccc(Nc3ccc(CCCC)cc3)cc2)cc1. The van der Waals surface area contributed by atoms with Gasteiger partial charge in [0.05, 0.1) is 0 Å². The summed E-state index contributed by atoms with van der Waals surface area (Å²) in [5, 5.41) is 6.96. The number of aryl methyl sites for hydroxylation is 2. The third kappa shape index (κ3) is 6.16. The first kappa shape index (κ1) is 20.0. The Hall–Kier alpha value is -2.74. The molecule has 2 nitrogen and oxygen atoms in total. The van der Waals surface area contributed by atoms with Crippen molar-refractivity contribution < 1.29 is 0 Å². The Kier molecular flexibility index (Phi) is 7.54. The zero-order valence-electron chi connectivity index (χ0n) is 17.2. The van der Waals surface area contributed by atoms with Crippen molar-refractivity contribution in [1.82, 2.24) is 0 Å². The van der Waals surface area contributed by atoms with Crippen molar-refractivity contribution in [2.24, 2.45) is 0 Å². The Bertz CT molecular complexity index is 745. The molecule has 3 rings (SSSR count). The lowest BCUT2D eigenvalue weighted by molar-refractivity contribution is 0.795. The van der Waals surface area contributed by atoms with Crippen LogP contribution in [0.2, 0.25) is 0 Å². The van der Waals surface area contributed by atoms with Crippen LogP contribution in [0.3, 0.4) is 0 Å². The minimum atomic E-state index is 1.10. The first-order chi connectivity index (χ1) is 13.8. The third-order valence-electron chi connectivity index (χ3n) is 5.01. The van der Waals surface area contributed by atoms with E-state index < -0.39 is 0 Å². The molecule has 0 bridgehead atoms. The van der Waals surface area contributed by atoms with E-state index in [0.29, 0.717) is 0 Å². The lowest BCUT2D eigenvalue weighted by atomic mass is 10.1. The van der Waals surface area contributed by atoms with Crippen LogP contribution in [0.25, 0.3) is 0 Å². The molecular weight excluding hydrogens is 340 g/mol. The molecule has 0 unspecified atom stereocenters. The largest absolute Gasteiger partial charge is 0.356 e. The highest BCUT2D eigenvalue weighted by atomic mass is 14.9. The van der Waals surface area contributed by atoms with E-state index in [-0.39, 0.29) is 0 Å². The molecule has 28 heavy (non-hydrogen) atoms. The lowest BCUT2D eigenvalue weighted by Crippen LogP contribution is -1.94. The molecule has 0 saturated carbocycles. The van der Waals surface area contributed by atoms with E-state index in [1.165, 1.54) is 36.8 Å². The van der Waals surface area contributed by atoms with Crippen LogP contribution in [-0.4, -0.2) is 0 Å². The number of rotatable bonds is 10. The highest BCUT2D eigenvalue weighted by molar-refractivity contribution is 5.66. The van der Waals surface area contributed by atoms with Crippen LogP contribution in [0.4, 0.5) is 22.7 Å². The van der Waals surface area contributed by atoms with Crippen LogP contribution in [0, 0.1) is 0 Å². The minimum absolute atomic E-state index is 1.10. The zero-order chi connectivity index (χ0) is 19.6. The maximum atomic E-state index is 3.48. The van der Waals surface area contributed by atoms with Gasteiger partial charge in [0.15, 0.2) is 0 Å². The average molecular weight is 373 g/mol. The molecule has 3 aromatic carbocycles. The van der Waals surface area contributed by atoms with Crippen LogP contribution >= 0.6 is 0 Å². The van der Waals surface area contributed by atoms with E-state index in [1.54, 1.807) is 0 Å². The van der Waals surface area contributed by atoms with E-state index in [2.05, 4.69) is 97.3 Å². The number of unbranched alkanes of at least 4 members (excludes halogenated alkanes) is 2. The van der Waals surface area contributed by atoms with E-state index in [9.17, 15) is 0 Å². The van der Waals surface area contributed by atoms with Crippen LogP contribution in [0.15, 0.2) is 72.8 Å². The second kappa shape index (κ2) is 10.6. The number of nitrogens with one attached hydrogen (secondary N) is 2. The summed E-state index contributed by atoms with van der Waals surface area (Å²) in [5.41, 5.74) is 7.27. The maximum Gasteiger partial charge on any atom is 0.0385 e. The Morgan fingerprint density at radius 1 is 0.464 bits per heavy atom. The summed E-state index contributed by atoms with van der Waals surface area (Å²) in [4.78, 5) is 0. The Balaban J connectivity index is 1.54. The summed E-state index contributed by atoms with van der Waals surface area (Å²) in [7, 11) is 0. The first-order valence-electron chi connectivity index (χ1n) is 10.6. The molecule has 2 N–H and O–H groups in total. The molecule has 146 valence electrons. The van der Waals surface area contributed by atoms with Crippen molar-refractivity contribution >= 4 is 22.7 Å². The molecule has 0 fully saturated rings. The molecule has 3 aromatic rings. The van der Waals surface area contributed by atoms with Crippen molar-refractivity contribution in [3.63, 3.8) is 0 Å². The summed E-state index contributed by atoms with van der Waals surface area (Å²) < 4.78 is 0. The van der Waals surface area contributed by atoms with Gasteiger partial charge in [-0.25, -0.2) is 0 Å². The van der Waals surface area contributed by atoms with Crippen molar-refractivity contribution in [2.45, 2.75) is 52.4 Å². The van der Waals surface area contributed by atoms with Crippen molar-refractivity contribution in [2.75, 3.05) is 10.6 Å². The van der Waals surface area contributed by atoms with Crippen LogP contribution in [0.1, 0.15) is 50.7 Å². The van der Waals surface area contributed by atoms with E-state index in [0.717, 1.165) is 35.6 Å². The molecule has 2 heteroatoms. The molecule has 0 aliphatic carbocycles. The van der Waals surface area contributed by atoms with Gasteiger partial charge in [0.1, 0.15) is 0 Å². The van der Waals surface area contributed by atoms with E-state index >= 15 is 0 Å². The Labute approximate surface area is 170 Å². The summed E-state index contributed by atoms with van der Waals surface area (Å²) in [5.74, 6) is 0. The molecule has 0 spiro atoms. The third-order valence-corrected chi connectivity index (χ3v) is 5.01. The molecule has 0 aliphatic heterocycles. The number of hydrogen-bond acceptors (Lipinski definition) is 2. The van der Waals surface area contributed by atoms with Gasteiger partial charge in [-0.3, -0.25) is 0 Å². The predicted octanol–water partition coefficient (Wildman–Crippen LogP) is 7.86. The molecule has 0 amide bonds. The number of benzene rings is 3. The monoisotopic (exact) mass is 372 g/mol. The smallest absolute Gasteiger partial charge is 0.0385 e. The Morgan fingerprint density at radius 3 is 1.04 bits per heavy atom. The van der Waals surface area contributed by atoms with Gasteiger partial charge in [-0.05, 0) is 85.3 Å². The van der Waals surface area contributed by atoms with Crippen molar-refractivity contribution in [3.05, 3.63) is 83.9 Å². The van der Waals surface area contributed by atoms with Crippen molar-refractivity contribution in [1.29, 1.82) is 0 Å². The minimum Gasteiger partial charge on any atom is -0.356 e. The maximum absolute atomic E-state index is 3.48. The molecule has 0 atom stereocenters. The summed E-state index contributed by atoms with van der Waals surface area (Å²) >= 11 is 0. The molecular formula is C26H32N2. The number of hydrogen-bond donors (Lipinski definition) is 2. The van der Waals surface area contributed by atoms with Crippen molar-refractivity contribution in [3.8, 4) is 0 Å². The highest BCUT2D eigenvalue weighted by Crippen LogP contribution is 2.22. The lowest BCUT2D eigenvalue weighted by Gasteiger charge is -2.10.